The first-order valence-corrected chi connectivity index (χ1v) is 9.66. The average Bonchev–Trinajstić information content (AvgIpc) is 2.97. The van der Waals surface area contributed by atoms with E-state index in [1.54, 1.807) is 18.3 Å². The van der Waals surface area contributed by atoms with Crippen LogP contribution in [0.15, 0.2) is 47.5 Å². The van der Waals surface area contributed by atoms with Crippen molar-refractivity contribution in [1.82, 2.24) is 9.97 Å². The number of pyridine rings is 1. The van der Waals surface area contributed by atoms with E-state index in [0.717, 1.165) is 16.1 Å². The molecule has 2 heterocycles. The van der Waals surface area contributed by atoms with Crippen LogP contribution in [-0.4, -0.2) is 23.5 Å². The summed E-state index contributed by atoms with van der Waals surface area (Å²) in [6.45, 7) is 1.76. The number of primary sulfonamides is 1. The Labute approximate surface area is 149 Å². The molecule has 0 atom stereocenters. The van der Waals surface area contributed by atoms with Gasteiger partial charge in [0.25, 0.3) is 0 Å². The Morgan fingerprint density at radius 1 is 1.24 bits per heavy atom. The molecular weight excluding hydrogens is 360 g/mol. The van der Waals surface area contributed by atoms with Crippen LogP contribution in [0.2, 0.25) is 0 Å². The first kappa shape index (κ1) is 17.5. The molecule has 0 radical (unpaired) electrons. The van der Waals surface area contributed by atoms with E-state index in [9.17, 15) is 13.5 Å². The van der Waals surface area contributed by atoms with Gasteiger partial charge in [-0.1, -0.05) is 11.3 Å². The zero-order valence-electron chi connectivity index (χ0n) is 13.3. The summed E-state index contributed by atoms with van der Waals surface area (Å²) in [5.41, 5.74) is 3.11. The molecule has 7 nitrogen and oxygen atoms in total. The lowest BCUT2D eigenvalue weighted by Gasteiger charge is -2.03. The topological polar surface area (TPSA) is 118 Å². The fraction of sp³-hybridized carbons (Fsp3) is 0.125. The van der Waals surface area contributed by atoms with Gasteiger partial charge in [-0.2, -0.15) is 0 Å². The molecule has 2 aromatic heterocycles. The molecule has 3 rings (SSSR count). The summed E-state index contributed by atoms with van der Waals surface area (Å²) in [6, 6.07) is 9.80. The molecule has 0 aliphatic carbocycles. The highest BCUT2D eigenvalue weighted by molar-refractivity contribution is 7.89. The molecule has 0 spiro atoms. The van der Waals surface area contributed by atoms with Gasteiger partial charge < -0.3 is 10.4 Å². The van der Waals surface area contributed by atoms with Gasteiger partial charge in [0, 0.05) is 23.1 Å². The van der Waals surface area contributed by atoms with Crippen molar-refractivity contribution in [1.29, 1.82) is 0 Å². The van der Waals surface area contributed by atoms with E-state index < -0.39 is 10.0 Å². The average molecular weight is 376 g/mol. The minimum absolute atomic E-state index is 0.0428. The Balaban J connectivity index is 1.89. The molecule has 0 saturated heterocycles. The van der Waals surface area contributed by atoms with Gasteiger partial charge in [0.2, 0.25) is 10.0 Å². The smallest absolute Gasteiger partial charge is 0.238 e. The fourth-order valence-electron chi connectivity index (χ4n) is 2.28. The van der Waals surface area contributed by atoms with Gasteiger partial charge in [-0.05, 0) is 43.3 Å². The maximum Gasteiger partial charge on any atom is 0.238 e. The number of hydrogen-bond donors (Lipinski definition) is 3. The number of hydrogen-bond acceptors (Lipinski definition) is 7. The molecule has 0 unspecified atom stereocenters. The quantitative estimate of drug-likeness (QED) is 0.629. The molecule has 0 fully saturated rings. The van der Waals surface area contributed by atoms with Crippen molar-refractivity contribution in [3.8, 4) is 11.3 Å². The minimum atomic E-state index is -3.72. The number of benzene rings is 1. The van der Waals surface area contributed by atoms with Crippen molar-refractivity contribution in [3.63, 3.8) is 0 Å². The molecule has 9 heteroatoms. The summed E-state index contributed by atoms with van der Waals surface area (Å²) in [5.74, 6) is 0. The molecule has 0 saturated carbocycles. The highest BCUT2D eigenvalue weighted by Crippen LogP contribution is 2.33. The monoisotopic (exact) mass is 376 g/mol. The zero-order valence-corrected chi connectivity index (χ0v) is 14.9. The molecule has 0 aliphatic rings. The molecule has 0 amide bonds. The summed E-state index contributed by atoms with van der Waals surface area (Å²) in [7, 11) is -3.72. The third kappa shape index (κ3) is 4.02. The van der Waals surface area contributed by atoms with Gasteiger partial charge in [-0.25, -0.2) is 18.5 Å². The molecule has 1 aromatic carbocycles. The lowest BCUT2D eigenvalue weighted by atomic mass is 10.1. The lowest BCUT2D eigenvalue weighted by molar-refractivity contribution is 0.286. The zero-order chi connectivity index (χ0) is 18.0. The van der Waals surface area contributed by atoms with Crippen LogP contribution in [-0.2, 0) is 16.6 Å². The number of nitrogens with one attached hydrogen (secondary N) is 1. The fourth-order valence-corrected chi connectivity index (χ4v) is 3.66. The third-order valence-electron chi connectivity index (χ3n) is 3.45. The van der Waals surface area contributed by atoms with Crippen molar-refractivity contribution >= 4 is 32.2 Å². The summed E-state index contributed by atoms with van der Waals surface area (Å²) < 4.78 is 22.6. The van der Waals surface area contributed by atoms with Crippen LogP contribution in [0.1, 0.15) is 10.6 Å². The van der Waals surface area contributed by atoms with Crippen LogP contribution in [0, 0.1) is 6.92 Å². The van der Waals surface area contributed by atoms with E-state index in [1.165, 1.54) is 23.5 Å². The predicted octanol–water partition coefficient (Wildman–Crippen LogP) is 2.40. The van der Waals surface area contributed by atoms with E-state index >= 15 is 0 Å². The largest absolute Gasteiger partial charge is 0.391 e. The number of sulfonamides is 1. The normalized spacial score (nSPS) is 11.5. The standard InChI is InChI=1S/C16H16N4O3S2/c1-10-8-11(6-7-18-10)15-14(9-21)24-16(20-15)19-12-2-4-13(5-3-12)25(17,22)23/h2-8,21H,9H2,1H3,(H,19,20)(H2,17,22,23). The highest BCUT2D eigenvalue weighted by atomic mass is 32.2. The highest BCUT2D eigenvalue weighted by Gasteiger charge is 2.13. The number of thiazole rings is 1. The van der Waals surface area contributed by atoms with Crippen molar-refractivity contribution < 1.29 is 13.5 Å². The van der Waals surface area contributed by atoms with Gasteiger partial charge >= 0.3 is 0 Å². The number of aliphatic hydroxyl groups is 1. The van der Waals surface area contributed by atoms with Crippen molar-refractivity contribution in [2.45, 2.75) is 18.4 Å². The SMILES string of the molecule is Cc1cc(-c2nc(Nc3ccc(S(N)(=O)=O)cc3)sc2CO)ccn1. The molecular formula is C16H16N4O3S2. The van der Waals surface area contributed by atoms with Crippen LogP contribution < -0.4 is 10.5 Å². The first-order valence-electron chi connectivity index (χ1n) is 7.30. The summed E-state index contributed by atoms with van der Waals surface area (Å²) in [6.07, 6.45) is 1.70. The number of rotatable bonds is 5. The Morgan fingerprint density at radius 2 is 1.96 bits per heavy atom. The van der Waals surface area contributed by atoms with E-state index in [1.807, 2.05) is 19.1 Å². The summed E-state index contributed by atoms with van der Waals surface area (Å²) >= 11 is 1.33. The van der Waals surface area contributed by atoms with Gasteiger partial charge in [-0.3, -0.25) is 4.98 Å². The second-order valence-corrected chi connectivity index (χ2v) is 7.97. The number of nitrogens with two attached hydrogens (primary N) is 1. The second kappa shape index (κ2) is 6.89. The summed E-state index contributed by atoms with van der Waals surface area (Å²) in [5, 5.41) is 18.4. The number of nitrogens with zero attached hydrogens (tertiary/aromatic N) is 2. The lowest BCUT2D eigenvalue weighted by Crippen LogP contribution is -2.11. The number of anilines is 2. The van der Waals surface area contributed by atoms with E-state index in [0.29, 0.717) is 16.5 Å². The van der Waals surface area contributed by atoms with Crippen LogP contribution >= 0.6 is 11.3 Å². The summed E-state index contributed by atoms with van der Waals surface area (Å²) in [4.78, 5) is 9.47. The van der Waals surface area contributed by atoms with E-state index in [2.05, 4.69) is 15.3 Å². The van der Waals surface area contributed by atoms with Crippen LogP contribution in [0.4, 0.5) is 10.8 Å². The van der Waals surface area contributed by atoms with Gasteiger partial charge in [-0.15, -0.1) is 0 Å². The molecule has 0 bridgehead atoms. The number of aromatic nitrogens is 2. The molecule has 130 valence electrons. The maximum absolute atomic E-state index is 11.3. The maximum atomic E-state index is 11.3. The number of aliphatic hydroxyl groups excluding tert-OH is 1. The van der Waals surface area contributed by atoms with Crippen LogP contribution in [0.5, 0.6) is 0 Å². The van der Waals surface area contributed by atoms with Crippen molar-refractivity contribution in [2.75, 3.05) is 5.32 Å². The first-order chi connectivity index (χ1) is 11.9. The van der Waals surface area contributed by atoms with E-state index in [4.69, 9.17) is 5.14 Å². The second-order valence-electron chi connectivity index (χ2n) is 5.33. The van der Waals surface area contributed by atoms with Crippen LogP contribution in [0.3, 0.4) is 0 Å². The Bertz CT molecular complexity index is 998. The molecule has 25 heavy (non-hydrogen) atoms. The minimum Gasteiger partial charge on any atom is -0.391 e. The molecule has 0 aliphatic heterocycles. The van der Waals surface area contributed by atoms with Crippen molar-refractivity contribution in [2.24, 2.45) is 5.14 Å². The predicted molar refractivity (Wildman–Crippen MR) is 97.1 cm³/mol. The molecule has 3 aromatic rings. The molecule has 4 N–H and O–H groups in total. The van der Waals surface area contributed by atoms with Gasteiger partial charge in [0.1, 0.15) is 0 Å². The van der Waals surface area contributed by atoms with Gasteiger partial charge in [0.15, 0.2) is 5.13 Å². The van der Waals surface area contributed by atoms with E-state index in [-0.39, 0.29) is 11.5 Å². The number of aryl methyl sites for hydroxylation is 1. The van der Waals surface area contributed by atoms with Gasteiger partial charge in [0.05, 0.1) is 22.1 Å². The Morgan fingerprint density at radius 3 is 2.56 bits per heavy atom. The van der Waals surface area contributed by atoms with Crippen molar-refractivity contribution in [3.05, 3.63) is 53.2 Å². The third-order valence-corrected chi connectivity index (χ3v) is 5.33. The van der Waals surface area contributed by atoms with Crippen LogP contribution in [0.25, 0.3) is 11.3 Å². The Hall–Kier alpha value is -2.33. The Kier molecular flexibility index (Phi) is 4.82.